The first-order valence-electron chi connectivity index (χ1n) is 3.80. The van der Waals surface area contributed by atoms with Crippen molar-refractivity contribution in [1.82, 2.24) is 5.43 Å². The fourth-order valence-corrected chi connectivity index (χ4v) is 0.987. The summed E-state index contributed by atoms with van der Waals surface area (Å²) in [5.41, 5.74) is 9.62. The lowest BCUT2D eigenvalue weighted by Crippen LogP contribution is -2.22. The Kier molecular flexibility index (Phi) is 3.17. The summed E-state index contributed by atoms with van der Waals surface area (Å²) in [7, 11) is 0. The number of hydrazine groups is 1. The second-order valence-electron chi connectivity index (χ2n) is 2.41. The van der Waals surface area contributed by atoms with Crippen LogP contribution in [0.2, 0.25) is 0 Å². The van der Waals surface area contributed by atoms with E-state index < -0.39 is 0 Å². The van der Waals surface area contributed by atoms with Gasteiger partial charge >= 0.3 is 0 Å². The molecule has 0 radical (unpaired) electrons. The number of rotatable bonds is 2. The first kappa shape index (κ1) is 8.62. The van der Waals surface area contributed by atoms with E-state index in [-0.39, 0.29) is 0 Å². The Labute approximate surface area is 72.1 Å². The molecule has 5 N–H and O–H groups in total. The predicted octanol–water partition coefficient (Wildman–Crippen LogP) is 0.692. The quantitative estimate of drug-likeness (QED) is 0.414. The smallest absolute Gasteiger partial charge is 0.0713 e. The van der Waals surface area contributed by atoms with Gasteiger partial charge in [-0.1, -0.05) is 30.4 Å². The summed E-state index contributed by atoms with van der Waals surface area (Å²) >= 11 is 0. The minimum atomic E-state index is 0.734. The van der Waals surface area contributed by atoms with Gasteiger partial charge < -0.3 is 11.2 Å². The standard InChI is InChI=1S/C9H13N3/c10-7-9(12-11)8-5-3-1-2-4-6-8/h1,3-7,12H,2,10-11H2/b9-7-. The summed E-state index contributed by atoms with van der Waals surface area (Å²) < 4.78 is 0. The Balaban J connectivity index is 2.85. The molecule has 3 heteroatoms. The highest BCUT2D eigenvalue weighted by Gasteiger charge is 1.98. The van der Waals surface area contributed by atoms with Gasteiger partial charge in [0.25, 0.3) is 0 Å². The van der Waals surface area contributed by atoms with Crippen LogP contribution < -0.4 is 17.0 Å². The lowest BCUT2D eigenvalue weighted by molar-refractivity contribution is 0.898. The topological polar surface area (TPSA) is 64.1 Å². The van der Waals surface area contributed by atoms with Gasteiger partial charge in [0.05, 0.1) is 5.70 Å². The summed E-state index contributed by atoms with van der Waals surface area (Å²) in [6.07, 6.45) is 12.4. The van der Waals surface area contributed by atoms with Gasteiger partial charge in [0.2, 0.25) is 0 Å². The fourth-order valence-electron chi connectivity index (χ4n) is 0.987. The van der Waals surface area contributed by atoms with Crippen LogP contribution in [0.25, 0.3) is 0 Å². The van der Waals surface area contributed by atoms with Gasteiger partial charge in [-0.25, -0.2) is 0 Å². The molecular formula is C9H13N3. The van der Waals surface area contributed by atoms with E-state index in [1.165, 1.54) is 6.20 Å². The number of hydrogen-bond acceptors (Lipinski definition) is 3. The molecule has 0 atom stereocenters. The molecule has 0 aromatic carbocycles. The number of hydrogen-bond donors (Lipinski definition) is 3. The van der Waals surface area contributed by atoms with Crippen LogP contribution in [0.1, 0.15) is 6.42 Å². The van der Waals surface area contributed by atoms with Crippen molar-refractivity contribution in [2.24, 2.45) is 11.6 Å². The third kappa shape index (κ3) is 2.00. The third-order valence-corrected chi connectivity index (χ3v) is 1.61. The molecular weight excluding hydrogens is 150 g/mol. The predicted molar refractivity (Wildman–Crippen MR) is 50.6 cm³/mol. The summed E-state index contributed by atoms with van der Waals surface area (Å²) in [5, 5.41) is 0. The van der Waals surface area contributed by atoms with E-state index in [1.807, 2.05) is 18.2 Å². The molecule has 64 valence electrons. The third-order valence-electron chi connectivity index (χ3n) is 1.61. The van der Waals surface area contributed by atoms with Crippen molar-refractivity contribution >= 4 is 0 Å². The summed E-state index contributed by atoms with van der Waals surface area (Å²) in [6, 6.07) is 0. The second-order valence-corrected chi connectivity index (χ2v) is 2.41. The van der Waals surface area contributed by atoms with Gasteiger partial charge in [0, 0.05) is 11.8 Å². The minimum absolute atomic E-state index is 0.734. The van der Waals surface area contributed by atoms with E-state index in [9.17, 15) is 0 Å². The molecule has 1 aliphatic carbocycles. The maximum atomic E-state index is 5.36. The van der Waals surface area contributed by atoms with E-state index in [0.29, 0.717) is 0 Å². The molecule has 1 aliphatic rings. The van der Waals surface area contributed by atoms with Crippen molar-refractivity contribution in [3.63, 3.8) is 0 Å². The van der Waals surface area contributed by atoms with Gasteiger partial charge in [-0.15, -0.1) is 0 Å². The Hall–Kier alpha value is -1.48. The zero-order chi connectivity index (χ0) is 8.81. The van der Waals surface area contributed by atoms with Gasteiger partial charge in [-0.05, 0) is 6.42 Å². The lowest BCUT2D eigenvalue weighted by Gasteiger charge is -2.04. The molecule has 0 fully saturated rings. The Morgan fingerprint density at radius 1 is 1.50 bits per heavy atom. The Morgan fingerprint density at radius 3 is 3.00 bits per heavy atom. The van der Waals surface area contributed by atoms with Crippen molar-refractivity contribution < 1.29 is 0 Å². The molecule has 12 heavy (non-hydrogen) atoms. The number of nitrogens with two attached hydrogens (primary N) is 2. The van der Waals surface area contributed by atoms with Crippen molar-refractivity contribution in [3.8, 4) is 0 Å². The zero-order valence-corrected chi connectivity index (χ0v) is 6.83. The van der Waals surface area contributed by atoms with Crippen molar-refractivity contribution in [2.75, 3.05) is 0 Å². The van der Waals surface area contributed by atoms with Gasteiger partial charge in [-0.2, -0.15) is 0 Å². The number of allylic oxidation sites excluding steroid dienone is 5. The molecule has 3 nitrogen and oxygen atoms in total. The van der Waals surface area contributed by atoms with E-state index in [1.54, 1.807) is 0 Å². The SMILES string of the molecule is N/C=C(\NN)C1=CC=CCC=C1. The molecule has 0 aromatic rings. The average Bonchev–Trinajstić information content (AvgIpc) is 2.35. The van der Waals surface area contributed by atoms with Gasteiger partial charge in [-0.3, -0.25) is 5.84 Å². The molecule has 0 heterocycles. The molecule has 0 aromatic heterocycles. The van der Waals surface area contributed by atoms with Crippen LogP contribution in [0.15, 0.2) is 47.9 Å². The number of nitrogens with one attached hydrogen (secondary N) is 1. The molecule has 0 unspecified atom stereocenters. The maximum absolute atomic E-state index is 5.36. The molecule has 0 amide bonds. The molecule has 1 rings (SSSR count). The summed E-state index contributed by atoms with van der Waals surface area (Å²) in [6.45, 7) is 0. The second kappa shape index (κ2) is 4.41. The summed E-state index contributed by atoms with van der Waals surface area (Å²) in [4.78, 5) is 0. The van der Waals surface area contributed by atoms with E-state index >= 15 is 0 Å². The van der Waals surface area contributed by atoms with Crippen LogP contribution in [0.5, 0.6) is 0 Å². The van der Waals surface area contributed by atoms with E-state index in [0.717, 1.165) is 17.7 Å². The molecule has 0 saturated heterocycles. The normalized spacial score (nSPS) is 17.1. The first-order chi connectivity index (χ1) is 5.88. The first-order valence-corrected chi connectivity index (χ1v) is 3.80. The largest absolute Gasteiger partial charge is 0.403 e. The van der Waals surface area contributed by atoms with Crippen LogP contribution in [-0.2, 0) is 0 Å². The van der Waals surface area contributed by atoms with Gasteiger partial charge in [0.15, 0.2) is 0 Å². The van der Waals surface area contributed by atoms with Crippen LogP contribution in [0, 0.1) is 0 Å². The van der Waals surface area contributed by atoms with Crippen LogP contribution in [0.4, 0.5) is 0 Å². The lowest BCUT2D eigenvalue weighted by atomic mass is 10.2. The molecule has 0 spiro atoms. The van der Waals surface area contributed by atoms with Crippen LogP contribution >= 0.6 is 0 Å². The highest BCUT2D eigenvalue weighted by Crippen LogP contribution is 2.10. The highest BCUT2D eigenvalue weighted by molar-refractivity contribution is 5.41. The van der Waals surface area contributed by atoms with Gasteiger partial charge in [0.1, 0.15) is 0 Å². The van der Waals surface area contributed by atoms with E-state index in [2.05, 4.69) is 17.6 Å². The molecule has 0 aliphatic heterocycles. The minimum Gasteiger partial charge on any atom is -0.403 e. The van der Waals surface area contributed by atoms with Crippen molar-refractivity contribution in [1.29, 1.82) is 0 Å². The highest BCUT2D eigenvalue weighted by atomic mass is 15.2. The maximum Gasteiger partial charge on any atom is 0.0713 e. The van der Waals surface area contributed by atoms with Crippen LogP contribution in [-0.4, -0.2) is 0 Å². The van der Waals surface area contributed by atoms with Crippen LogP contribution in [0.3, 0.4) is 0 Å². The monoisotopic (exact) mass is 163 g/mol. The zero-order valence-electron chi connectivity index (χ0n) is 6.83. The van der Waals surface area contributed by atoms with Crippen molar-refractivity contribution in [3.05, 3.63) is 47.9 Å². The van der Waals surface area contributed by atoms with E-state index in [4.69, 9.17) is 11.6 Å². The Bertz CT molecular complexity index is 259. The average molecular weight is 163 g/mol. The molecule has 0 saturated carbocycles. The summed E-state index contributed by atoms with van der Waals surface area (Å²) in [5.74, 6) is 5.27. The molecule has 0 bridgehead atoms. The van der Waals surface area contributed by atoms with Crippen molar-refractivity contribution in [2.45, 2.75) is 6.42 Å². The fraction of sp³-hybridized carbons (Fsp3) is 0.111. The Morgan fingerprint density at radius 2 is 2.33 bits per heavy atom.